The van der Waals surface area contributed by atoms with E-state index in [-0.39, 0.29) is 11.9 Å². The highest BCUT2D eigenvalue weighted by Crippen LogP contribution is 2.36. The van der Waals surface area contributed by atoms with Crippen LogP contribution in [-0.2, 0) is 4.79 Å². The number of urea groups is 1. The third-order valence-corrected chi connectivity index (χ3v) is 4.77. The van der Waals surface area contributed by atoms with Gasteiger partial charge in [-0.1, -0.05) is 49.4 Å². The number of imide groups is 1. The van der Waals surface area contributed by atoms with Gasteiger partial charge in [0.25, 0.3) is 5.91 Å². The van der Waals surface area contributed by atoms with Crippen LogP contribution in [0, 0.1) is 5.92 Å². The summed E-state index contributed by atoms with van der Waals surface area (Å²) in [5, 5.41) is 2.94. The van der Waals surface area contributed by atoms with Crippen molar-refractivity contribution in [3.05, 3.63) is 42.0 Å². The van der Waals surface area contributed by atoms with Crippen molar-refractivity contribution in [3.8, 4) is 0 Å². The molecule has 1 saturated carbocycles. The number of hydrogen-bond donors (Lipinski definition) is 1. The van der Waals surface area contributed by atoms with E-state index in [4.69, 9.17) is 0 Å². The standard InChI is InChI=1S/C18H22N2O2/c1-14-9-11-18(12-10-14)16(21)20(17(22)19-18)13-5-8-15-6-3-2-4-7-15/h2-8,14H,9-13H2,1H3,(H,19,22). The third-order valence-electron chi connectivity index (χ3n) is 4.77. The van der Waals surface area contributed by atoms with Gasteiger partial charge in [-0.15, -0.1) is 0 Å². The largest absolute Gasteiger partial charge is 0.325 e. The molecule has 0 unspecified atom stereocenters. The molecule has 1 aromatic rings. The van der Waals surface area contributed by atoms with Crippen molar-refractivity contribution >= 4 is 18.0 Å². The lowest BCUT2D eigenvalue weighted by molar-refractivity contribution is -0.132. The molecule has 1 aliphatic carbocycles. The van der Waals surface area contributed by atoms with Crippen molar-refractivity contribution in [1.82, 2.24) is 10.2 Å². The highest BCUT2D eigenvalue weighted by Gasteiger charge is 2.51. The smallest absolute Gasteiger partial charge is 0.323 e. The first-order chi connectivity index (χ1) is 10.6. The Morgan fingerprint density at radius 3 is 2.59 bits per heavy atom. The van der Waals surface area contributed by atoms with Crippen LogP contribution < -0.4 is 5.32 Å². The van der Waals surface area contributed by atoms with Crippen molar-refractivity contribution < 1.29 is 9.59 Å². The molecule has 0 bridgehead atoms. The maximum atomic E-state index is 12.7. The van der Waals surface area contributed by atoms with Crippen LogP contribution in [0.4, 0.5) is 4.79 Å². The second kappa shape index (κ2) is 5.95. The van der Waals surface area contributed by atoms with E-state index in [9.17, 15) is 9.59 Å². The molecule has 1 N–H and O–H groups in total. The molecule has 1 saturated heterocycles. The number of hydrogen-bond acceptors (Lipinski definition) is 2. The van der Waals surface area contributed by atoms with Gasteiger partial charge in [-0.2, -0.15) is 0 Å². The first-order valence-corrected chi connectivity index (χ1v) is 7.96. The summed E-state index contributed by atoms with van der Waals surface area (Å²) < 4.78 is 0. The summed E-state index contributed by atoms with van der Waals surface area (Å²) in [6, 6.07) is 9.62. The maximum absolute atomic E-state index is 12.7. The molecular weight excluding hydrogens is 276 g/mol. The van der Waals surface area contributed by atoms with Crippen molar-refractivity contribution in [2.24, 2.45) is 5.92 Å². The van der Waals surface area contributed by atoms with Gasteiger partial charge in [-0.05, 0) is 37.2 Å². The summed E-state index contributed by atoms with van der Waals surface area (Å²) in [6.07, 6.45) is 7.33. The lowest BCUT2D eigenvalue weighted by atomic mass is 9.77. The van der Waals surface area contributed by atoms with Gasteiger partial charge in [0, 0.05) is 6.54 Å². The van der Waals surface area contributed by atoms with E-state index >= 15 is 0 Å². The minimum Gasteiger partial charge on any atom is -0.323 e. The van der Waals surface area contributed by atoms with Gasteiger partial charge in [0.2, 0.25) is 0 Å². The van der Waals surface area contributed by atoms with Crippen molar-refractivity contribution in [2.75, 3.05) is 6.54 Å². The van der Waals surface area contributed by atoms with Gasteiger partial charge in [-0.25, -0.2) is 4.79 Å². The second-order valence-corrected chi connectivity index (χ2v) is 6.42. The molecule has 1 aromatic carbocycles. The van der Waals surface area contributed by atoms with Crippen LogP contribution in [0.2, 0.25) is 0 Å². The Kier molecular flexibility index (Phi) is 4.01. The van der Waals surface area contributed by atoms with E-state index in [1.807, 2.05) is 42.5 Å². The van der Waals surface area contributed by atoms with Gasteiger partial charge in [0.1, 0.15) is 5.54 Å². The Hall–Kier alpha value is -2.10. The van der Waals surface area contributed by atoms with Crippen molar-refractivity contribution in [1.29, 1.82) is 0 Å². The zero-order chi connectivity index (χ0) is 15.6. The SMILES string of the molecule is CC1CCC2(CC1)NC(=O)N(CC=Cc1ccccc1)C2=O. The van der Waals surface area contributed by atoms with Crippen LogP contribution in [0.3, 0.4) is 0 Å². The van der Waals surface area contributed by atoms with E-state index in [1.54, 1.807) is 0 Å². The number of nitrogens with zero attached hydrogens (tertiary/aromatic N) is 1. The Morgan fingerprint density at radius 1 is 1.23 bits per heavy atom. The van der Waals surface area contributed by atoms with Crippen LogP contribution in [0.25, 0.3) is 6.08 Å². The predicted molar refractivity (Wildman–Crippen MR) is 86.1 cm³/mol. The van der Waals surface area contributed by atoms with Gasteiger partial charge in [0.15, 0.2) is 0 Å². The first kappa shape index (κ1) is 14.8. The Bertz CT molecular complexity index is 586. The summed E-state index contributed by atoms with van der Waals surface area (Å²) in [4.78, 5) is 26.1. The number of rotatable bonds is 3. The molecule has 3 rings (SSSR count). The van der Waals surface area contributed by atoms with Gasteiger partial charge >= 0.3 is 6.03 Å². The van der Waals surface area contributed by atoms with Crippen LogP contribution in [0.15, 0.2) is 36.4 Å². The third kappa shape index (κ3) is 2.78. The summed E-state index contributed by atoms with van der Waals surface area (Å²) >= 11 is 0. The van der Waals surface area contributed by atoms with E-state index in [0.717, 1.165) is 31.2 Å². The normalized spacial score (nSPS) is 28.6. The molecule has 1 heterocycles. The van der Waals surface area contributed by atoms with Gasteiger partial charge in [-0.3, -0.25) is 9.69 Å². The van der Waals surface area contributed by atoms with Gasteiger partial charge in [0.05, 0.1) is 0 Å². The number of amides is 3. The molecule has 0 radical (unpaired) electrons. The highest BCUT2D eigenvalue weighted by molar-refractivity contribution is 6.07. The maximum Gasteiger partial charge on any atom is 0.325 e. The van der Waals surface area contributed by atoms with Crippen molar-refractivity contribution in [3.63, 3.8) is 0 Å². The zero-order valence-electron chi connectivity index (χ0n) is 12.9. The molecule has 4 nitrogen and oxygen atoms in total. The van der Waals surface area contributed by atoms with Crippen LogP contribution in [0.1, 0.15) is 38.2 Å². The van der Waals surface area contributed by atoms with Crippen LogP contribution in [0.5, 0.6) is 0 Å². The first-order valence-electron chi connectivity index (χ1n) is 7.96. The zero-order valence-corrected chi connectivity index (χ0v) is 12.9. The van der Waals surface area contributed by atoms with Crippen LogP contribution in [-0.4, -0.2) is 28.9 Å². The Balaban J connectivity index is 1.66. The van der Waals surface area contributed by atoms with E-state index in [0.29, 0.717) is 12.5 Å². The number of carbonyl (C=O) groups excluding carboxylic acids is 2. The van der Waals surface area contributed by atoms with E-state index < -0.39 is 5.54 Å². The Morgan fingerprint density at radius 2 is 1.91 bits per heavy atom. The van der Waals surface area contributed by atoms with Crippen molar-refractivity contribution in [2.45, 2.75) is 38.1 Å². The number of carbonyl (C=O) groups is 2. The number of benzene rings is 1. The topological polar surface area (TPSA) is 49.4 Å². The molecule has 0 atom stereocenters. The summed E-state index contributed by atoms with van der Waals surface area (Å²) in [7, 11) is 0. The average molecular weight is 298 g/mol. The monoisotopic (exact) mass is 298 g/mol. The van der Waals surface area contributed by atoms with Crippen LogP contribution >= 0.6 is 0 Å². The lowest BCUT2D eigenvalue weighted by Gasteiger charge is -2.33. The molecule has 116 valence electrons. The molecule has 2 fully saturated rings. The lowest BCUT2D eigenvalue weighted by Crippen LogP contribution is -2.49. The fourth-order valence-corrected chi connectivity index (χ4v) is 3.29. The fourth-order valence-electron chi connectivity index (χ4n) is 3.29. The minimum absolute atomic E-state index is 0.0536. The highest BCUT2D eigenvalue weighted by atomic mass is 16.2. The Labute approximate surface area is 131 Å². The predicted octanol–water partition coefficient (Wildman–Crippen LogP) is 3.20. The minimum atomic E-state index is -0.635. The van der Waals surface area contributed by atoms with Gasteiger partial charge < -0.3 is 5.32 Å². The molecule has 3 amide bonds. The summed E-state index contributed by atoms with van der Waals surface area (Å²) in [6.45, 7) is 2.53. The number of nitrogens with one attached hydrogen (secondary N) is 1. The second-order valence-electron chi connectivity index (χ2n) is 6.42. The average Bonchev–Trinajstić information content (AvgIpc) is 2.76. The van der Waals surface area contributed by atoms with E-state index in [2.05, 4.69) is 12.2 Å². The molecule has 2 aliphatic rings. The molecular formula is C18H22N2O2. The molecule has 1 spiro atoms. The molecule has 1 aliphatic heterocycles. The van der Waals surface area contributed by atoms with E-state index in [1.165, 1.54) is 4.90 Å². The quantitative estimate of drug-likeness (QED) is 0.871. The molecule has 0 aromatic heterocycles. The fraction of sp³-hybridized carbons (Fsp3) is 0.444. The summed E-state index contributed by atoms with van der Waals surface area (Å²) in [5.41, 5.74) is 0.431. The summed E-state index contributed by atoms with van der Waals surface area (Å²) in [5.74, 6) is 0.587. The molecule has 4 heteroatoms. The molecule has 22 heavy (non-hydrogen) atoms.